The zero-order valence-corrected chi connectivity index (χ0v) is 13.2. The largest absolute Gasteiger partial charge is 0.327 e. The van der Waals surface area contributed by atoms with Gasteiger partial charge >= 0.3 is 0 Å². The topological polar surface area (TPSA) is 63.4 Å². The first kappa shape index (κ1) is 17.4. The predicted molar refractivity (Wildman–Crippen MR) is 78.8 cm³/mol. The highest BCUT2D eigenvalue weighted by Gasteiger charge is 2.38. The summed E-state index contributed by atoms with van der Waals surface area (Å²) in [5.74, 6) is -0.444. The van der Waals surface area contributed by atoms with Crippen LogP contribution in [0.15, 0.2) is 29.2 Å². The third kappa shape index (κ3) is 3.31. The number of sulfonamides is 1. The maximum Gasteiger partial charge on any atom is 0.243 e. The van der Waals surface area contributed by atoms with Gasteiger partial charge in [-0.1, -0.05) is 13.8 Å². The number of rotatable bonds is 2. The van der Waals surface area contributed by atoms with Crippen LogP contribution in [0.2, 0.25) is 0 Å². The molecule has 1 aromatic carbocycles. The van der Waals surface area contributed by atoms with E-state index >= 15 is 0 Å². The van der Waals surface area contributed by atoms with Crippen molar-refractivity contribution in [1.82, 2.24) is 4.31 Å². The lowest BCUT2D eigenvalue weighted by Gasteiger charge is -2.41. The molecule has 7 heteroatoms. The maximum absolute atomic E-state index is 12.9. The minimum Gasteiger partial charge on any atom is -0.327 e. The van der Waals surface area contributed by atoms with E-state index in [4.69, 9.17) is 5.73 Å². The summed E-state index contributed by atoms with van der Waals surface area (Å²) in [4.78, 5) is 0.125. The van der Waals surface area contributed by atoms with Gasteiger partial charge in [0.25, 0.3) is 0 Å². The van der Waals surface area contributed by atoms with E-state index in [0.29, 0.717) is 19.5 Å². The van der Waals surface area contributed by atoms with Crippen molar-refractivity contribution in [2.75, 3.05) is 13.1 Å². The zero-order chi connectivity index (χ0) is 14.3. The normalized spacial score (nSPS) is 23.1. The molecule has 0 spiro atoms. The van der Waals surface area contributed by atoms with Gasteiger partial charge in [0, 0.05) is 19.1 Å². The van der Waals surface area contributed by atoms with Gasteiger partial charge in [-0.05, 0) is 36.1 Å². The Labute approximate surface area is 125 Å². The van der Waals surface area contributed by atoms with Crippen molar-refractivity contribution in [3.05, 3.63) is 30.1 Å². The highest BCUT2D eigenvalue weighted by atomic mass is 35.5. The average molecular weight is 323 g/mol. The fourth-order valence-electron chi connectivity index (χ4n) is 2.29. The van der Waals surface area contributed by atoms with E-state index in [-0.39, 0.29) is 28.8 Å². The fraction of sp³-hybridized carbons (Fsp3) is 0.538. The van der Waals surface area contributed by atoms with Crippen molar-refractivity contribution in [3.8, 4) is 0 Å². The van der Waals surface area contributed by atoms with E-state index in [1.54, 1.807) is 0 Å². The summed E-state index contributed by atoms with van der Waals surface area (Å²) in [6.45, 7) is 4.71. The summed E-state index contributed by atoms with van der Waals surface area (Å²) in [6, 6.07) is 4.91. The first-order chi connectivity index (χ1) is 8.73. The van der Waals surface area contributed by atoms with E-state index in [1.807, 2.05) is 13.8 Å². The van der Waals surface area contributed by atoms with Gasteiger partial charge in [0.15, 0.2) is 0 Å². The standard InChI is InChI=1S/C13H19FN2O2S.ClH/c1-13(2)9-16(8-7-12(13)15)19(17,18)11-5-3-10(14)4-6-11;/h3-6,12H,7-9,15H2,1-2H3;1H. The van der Waals surface area contributed by atoms with Gasteiger partial charge in [0.1, 0.15) is 5.82 Å². The van der Waals surface area contributed by atoms with Crippen LogP contribution in [-0.2, 0) is 10.0 Å². The Hall–Kier alpha value is -0.690. The van der Waals surface area contributed by atoms with Crippen molar-refractivity contribution in [1.29, 1.82) is 0 Å². The van der Waals surface area contributed by atoms with Crippen molar-refractivity contribution < 1.29 is 12.8 Å². The molecular formula is C13H20ClFN2O2S. The second-order valence-electron chi connectivity index (χ2n) is 5.68. The molecule has 0 bridgehead atoms. The van der Waals surface area contributed by atoms with E-state index in [2.05, 4.69) is 0 Å². The second-order valence-corrected chi connectivity index (χ2v) is 7.61. The van der Waals surface area contributed by atoms with Gasteiger partial charge in [0.2, 0.25) is 10.0 Å². The highest BCUT2D eigenvalue weighted by Crippen LogP contribution is 2.31. The molecule has 1 atom stereocenters. The molecule has 1 heterocycles. The molecule has 1 saturated heterocycles. The second kappa shape index (κ2) is 5.97. The Kier molecular flexibility index (Phi) is 5.18. The van der Waals surface area contributed by atoms with Gasteiger partial charge in [-0.25, -0.2) is 12.8 Å². The van der Waals surface area contributed by atoms with Crippen molar-refractivity contribution in [3.63, 3.8) is 0 Å². The number of piperidine rings is 1. The first-order valence-corrected chi connectivity index (χ1v) is 7.69. The average Bonchev–Trinajstić information content (AvgIpc) is 2.33. The molecule has 1 aliphatic rings. The van der Waals surface area contributed by atoms with Gasteiger partial charge in [-0.3, -0.25) is 0 Å². The molecule has 1 unspecified atom stereocenters. The molecule has 0 aromatic heterocycles. The maximum atomic E-state index is 12.9. The number of benzene rings is 1. The van der Waals surface area contributed by atoms with E-state index in [1.165, 1.54) is 16.4 Å². The molecule has 20 heavy (non-hydrogen) atoms. The smallest absolute Gasteiger partial charge is 0.243 e. The van der Waals surface area contributed by atoms with Gasteiger partial charge in [0.05, 0.1) is 4.90 Å². The van der Waals surface area contributed by atoms with Crippen LogP contribution in [-0.4, -0.2) is 31.9 Å². The molecule has 0 amide bonds. The van der Waals surface area contributed by atoms with Gasteiger partial charge < -0.3 is 5.73 Å². The third-order valence-electron chi connectivity index (χ3n) is 3.73. The summed E-state index contributed by atoms with van der Waals surface area (Å²) in [5, 5.41) is 0. The lowest BCUT2D eigenvalue weighted by atomic mass is 9.81. The molecule has 0 aliphatic carbocycles. The Bertz CT molecular complexity index is 560. The SMILES string of the molecule is CC1(C)CN(S(=O)(=O)c2ccc(F)cc2)CCC1N.Cl. The number of halogens is 2. The van der Waals surface area contributed by atoms with Crippen molar-refractivity contribution >= 4 is 22.4 Å². The Balaban J connectivity index is 0.00000200. The van der Waals surface area contributed by atoms with Crippen LogP contribution < -0.4 is 5.73 Å². The van der Waals surface area contributed by atoms with E-state index in [9.17, 15) is 12.8 Å². The molecular weight excluding hydrogens is 303 g/mol. The van der Waals surface area contributed by atoms with Crippen molar-refractivity contribution in [2.45, 2.75) is 31.2 Å². The molecule has 2 N–H and O–H groups in total. The van der Waals surface area contributed by atoms with Gasteiger partial charge in [-0.15, -0.1) is 12.4 Å². The molecule has 1 aromatic rings. The molecule has 4 nitrogen and oxygen atoms in total. The van der Waals surface area contributed by atoms with Crippen LogP contribution in [0.3, 0.4) is 0 Å². The fourth-order valence-corrected chi connectivity index (χ4v) is 3.91. The summed E-state index contributed by atoms with van der Waals surface area (Å²) >= 11 is 0. The lowest BCUT2D eigenvalue weighted by molar-refractivity contribution is 0.155. The summed E-state index contributed by atoms with van der Waals surface area (Å²) in [6.07, 6.45) is 0.632. The van der Waals surface area contributed by atoms with Crippen LogP contribution in [0.25, 0.3) is 0 Å². The Morgan fingerprint density at radius 2 is 1.85 bits per heavy atom. The number of hydrogen-bond donors (Lipinski definition) is 1. The highest BCUT2D eigenvalue weighted by molar-refractivity contribution is 7.89. The molecule has 0 radical (unpaired) electrons. The third-order valence-corrected chi connectivity index (χ3v) is 5.59. The van der Waals surface area contributed by atoms with Crippen LogP contribution in [0, 0.1) is 11.2 Å². The summed E-state index contributed by atoms with van der Waals surface area (Å²) < 4.78 is 39.2. The minimum absolute atomic E-state index is 0. The van der Waals surface area contributed by atoms with Gasteiger partial charge in [-0.2, -0.15) is 4.31 Å². The Morgan fingerprint density at radius 3 is 2.35 bits per heavy atom. The monoisotopic (exact) mass is 322 g/mol. The van der Waals surface area contributed by atoms with E-state index in [0.717, 1.165) is 12.1 Å². The number of nitrogens with zero attached hydrogens (tertiary/aromatic N) is 1. The molecule has 1 aliphatic heterocycles. The van der Waals surface area contributed by atoms with Crippen molar-refractivity contribution in [2.24, 2.45) is 11.1 Å². The lowest BCUT2D eigenvalue weighted by Crippen LogP contribution is -2.53. The number of hydrogen-bond acceptors (Lipinski definition) is 3. The summed E-state index contributed by atoms with van der Waals surface area (Å²) in [7, 11) is -3.56. The minimum atomic E-state index is -3.56. The summed E-state index contributed by atoms with van der Waals surface area (Å²) in [5.41, 5.74) is 5.75. The quantitative estimate of drug-likeness (QED) is 0.905. The van der Waals surface area contributed by atoms with E-state index < -0.39 is 15.8 Å². The van der Waals surface area contributed by atoms with Crippen LogP contribution in [0.5, 0.6) is 0 Å². The molecule has 114 valence electrons. The first-order valence-electron chi connectivity index (χ1n) is 6.25. The zero-order valence-electron chi connectivity index (χ0n) is 11.5. The molecule has 0 saturated carbocycles. The predicted octanol–water partition coefficient (Wildman–Crippen LogP) is 2.00. The van der Waals surface area contributed by atoms with Crippen LogP contribution in [0.1, 0.15) is 20.3 Å². The van der Waals surface area contributed by atoms with Crippen LogP contribution in [0.4, 0.5) is 4.39 Å². The Morgan fingerprint density at radius 1 is 1.30 bits per heavy atom. The molecule has 1 fully saturated rings. The van der Waals surface area contributed by atoms with Crippen LogP contribution >= 0.6 is 12.4 Å². The molecule has 2 rings (SSSR count). The number of nitrogens with two attached hydrogens (primary N) is 1.